The first-order chi connectivity index (χ1) is 27.6. The second-order valence-corrected chi connectivity index (χ2v) is 14.4. The van der Waals surface area contributed by atoms with Crippen molar-refractivity contribution < 1.29 is 41.4 Å². The molecule has 293 valence electrons. The van der Waals surface area contributed by atoms with Gasteiger partial charge in [-0.05, 0) is 62.2 Å². The van der Waals surface area contributed by atoms with Crippen LogP contribution in [0, 0.1) is 6.92 Å². The zero-order valence-corrected chi connectivity index (χ0v) is 30.8. The summed E-state index contributed by atoms with van der Waals surface area (Å²) in [4.78, 5) is 47.2. The lowest BCUT2D eigenvalue weighted by molar-refractivity contribution is -0.136. The van der Waals surface area contributed by atoms with Crippen LogP contribution in [0.25, 0.3) is 11.0 Å². The Morgan fingerprint density at radius 3 is 2.04 bits per heavy atom. The topological polar surface area (TPSA) is 114 Å². The van der Waals surface area contributed by atoms with Crippen LogP contribution in [0.2, 0.25) is 0 Å². The lowest BCUT2D eigenvalue weighted by Crippen LogP contribution is -2.48. The Labute approximate surface area is 325 Å². The molecule has 1 spiro atoms. The zero-order valence-electron chi connectivity index (χ0n) is 30.8. The summed E-state index contributed by atoms with van der Waals surface area (Å²) < 4.78 is 65.3. The van der Waals surface area contributed by atoms with E-state index >= 15 is 4.79 Å². The maximum absolute atomic E-state index is 15.0. The number of benzene rings is 4. The van der Waals surface area contributed by atoms with Crippen LogP contribution in [0.3, 0.4) is 0 Å². The van der Waals surface area contributed by atoms with Crippen LogP contribution in [0.4, 0.5) is 30.2 Å². The van der Waals surface area contributed by atoms with Gasteiger partial charge in [-0.1, -0.05) is 12.1 Å². The first-order valence-electron chi connectivity index (χ1n) is 18.9. The molecule has 4 aliphatic heterocycles. The first kappa shape index (κ1) is 36.8. The van der Waals surface area contributed by atoms with Crippen molar-refractivity contribution in [3.05, 3.63) is 130 Å². The highest BCUT2D eigenvalue weighted by Gasteiger charge is 2.57. The number of hydrogen-bond donors (Lipinski definition) is 1. The van der Waals surface area contributed by atoms with Gasteiger partial charge < -0.3 is 33.7 Å². The number of carbonyl (C=O) groups excluding carboxylic acids is 2. The van der Waals surface area contributed by atoms with Gasteiger partial charge >= 0.3 is 11.8 Å². The minimum Gasteiger partial charge on any atom is -0.456 e. The summed E-state index contributed by atoms with van der Waals surface area (Å²) in [5.41, 5.74) is 0.133. The standard InChI is InChI=1S/C43H38F3N4O7/c1-2-54-19-20-55-18-13-47-40(52)26-5-9-31-34(21-26)42(50(41(31)53)29-6-10-30-35(43(44,45)46)25-39(51)57-36(30)24-29)32-11-7-27(48-14-3-15-48)22-37(32)56-38-23-28(8-12-33(38)42)49-16-4-17-49/h5-12,21-25H,1-4,13-20H2,(H,47,52). The molecular weight excluding hydrogens is 741 g/mol. The van der Waals surface area contributed by atoms with Gasteiger partial charge in [0.05, 0.1) is 25.4 Å². The Kier molecular flexibility index (Phi) is 9.20. The molecule has 0 atom stereocenters. The number of alkyl halides is 3. The Hall–Kier alpha value is -5.86. The summed E-state index contributed by atoms with van der Waals surface area (Å²) in [5, 5.41) is 2.56. The van der Waals surface area contributed by atoms with Crippen molar-refractivity contribution in [3.8, 4) is 11.5 Å². The van der Waals surface area contributed by atoms with Crippen molar-refractivity contribution in [3.63, 3.8) is 0 Å². The Bertz CT molecular complexity index is 2410. The molecule has 2 amide bonds. The molecule has 14 heteroatoms. The lowest BCUT2D eigenvalue weighted by Gasteiger charge is -2.45. The Balaban J connectivity index is 1.23. The maximum atomic E-state index is 15.0. The number of rotatable bonds is 11. The van der Waals surface area contributed by atoms with Crippen molar-refractivity contribution in [2.75, 3.05) is 73.9 Å². The molecule has 2 fully saturated rings. The van der Waals surface area contributed by atoms with Gasteiger partial charge in [-0.2, -0.15) is 13.2 Å². The number of amides is 2. The maximum Gasteiger partial charge on any atom is 0.417 e. The molecular formula is C43H38F3N4O7. The molecule has 0 saturated carbocycles. The SMILES string of the molecule is [CH2]COCCOCCNC(=O)c1ccc2c(c1)C1(c3ccc(N4CCC4)cc3Oc3cc(N4CCC4)ccc31)N(c1ccc3c(C(F)(F)F)cc(=O)oc3c1)C2=O. The Morgan fingerprint density at radius 1 is 0.772 bits per heavy atom. The highest BCUT2D eigenvalue weighted by atomic mass is 19.4. The van der Waals surface area contributed by atoms with Crippen molar-refractivity contribution in [2.45, 2.75) is 24.6 Å². The van der Waals surface area contributed by atoms with Gasteiger partial charge in [0.25, 0.3) is 11.8 Å². The van der Waals surface area contributed by atoms with Crippen molar-refractivity contribution in [2.24, 2.45) is 0 Å². The molecule has 0 unspecified atom stereocenters. The quantitative estimate of drug-likeness (QED) is 0.113. The van der Waals surface area contributed by atoms with E-state index in [1.807, 2.05) is 36.4 Å². The van der Waals surface area contributed by atoms with E-state index in [1.54, 1.807) is 18.2 Å². The molecule has 1 N–H and O–H groups in total. The van der Waals surface area contributed by atoms with Crippen LogP contribution < -0.4 is 30.4 Å². The van der Waals surface area contributed by atoms with Crippen molar-refractivity contribution in [1.82, 2.24) is 5.32 Å². The van der Waals surface area contributed by atoms with E-state index in [4.69, 9.17) is 18.6 Å². The van der Waals surface area contributed by atoms with Gasteiger partial charge in [0, 0.05) is 114 Å². The zero-order chi connectivity index (χ0) is 39.5. The number of halogens is 3. The fraction of sp³-hybridized carbons (Fsp3) is 0.302. The summed E-state index contributed by atoms with van der Waals surface area (Å²) in [6.45, 7) is 8.66. The van der Waals surface area contributed by atoms with Crippen LogP contribution in [0.5, 0.6) is 11.5 Å². The molecule has 5 aromatic rings. The van der Waals surface area contributed by atoms with Gasteiger partial charge in [0.2, 0.25) is 0 Å². The summed E-state index contributed by atoms with van der Waals surface area (Å²) >= 11 is 0. The molecule has 4 aromatic carbocycles. The summed E-state index contributed by atoms with van der Waals surface area (Å²) in [5.74, 6) is 0.109. The molecule has 9 rings (SSSR count). The normalized spacial score (nSPS) is 16.5. The average molecular weight is 780 g/mol. The number of fused-ring (bicyclic) bond motifs is 7. The number of carbonyl (C=O) groups is 2. The average Bonchev–Trinajstić information content (AvgIpc) is 3.39. The fourth-order valence-electron chi connectivity index (χ4n) is 8.19. The number of nitrogens with one attached hydrogen (secondary N) is 1. The van der Waals surface area contributed by atoms with E-state index in [-0.39, 0.29) is 40.9 Å². The number of ether oxygens (including phenoxy) is 3. The molecule has 1 radical (unpaired) electrons. The predicted octanol–water partition coefficient (Wildman–Crippen LogP) is 6.89. The van der Waals surface area contributed by atoms with E-state index in [1.165, 1.54) is 23.1 Å². The molecule has 11 nitrogen and oxygen atoms in total. The molecule has 4 aliphatic rings. The summed E-state index contributed by atoms with van der Waals surface area (Å²) in [7, 11) is 0. The first-order valence-corrected chi connectivity index (χ1v) is 18.9. The van der Waals surface area contributed by atoms with Crippen LogP contribution in [-0.4, -0.2) is 71.0 Å². The molecule has 57 heavy (non-hydrogen) atoms. The minimum atomic E-state index is -4.83. The summed E-state index contributed by atoms with van der Waals surface area (Å²) in [6, 6.07) is 20.9. The lowest BCUT2D eigenvalue weighted by atomic mass is 9.74. The predicted molar refractivity (Wildman–Crippen MR) is 207 cm³/mol. The van der Waals surface area contributed by atoms with Gasteiger partial charge in [-0.15, -0.1) is 0 Å². The van der Waals surface area contributed by atoms with Gasteiger partial charge in [0.15, 0.2) is 0 Å². The highest BCUT2D eigenvalue weighted by molar-refractivity contribution is 6.15. The smallest absolute Gasteiger partial charge is 0.417 e. The molecule has 0 aliphatic carbocycles. The van der Waals surface area contributed by atoms with Crippen LogP contribution in [-0.2, 0) is 21.2 Å². The second kappa shape index (κ2) is 14.3. The van der Waals surface area contributed by atoms with Crippen LogP contribution in [0.15, 0.2) is 88.1 Å². The van der Waals surface area contributed by atoms with Crippen molar-refractivity contribution in [1.29, 1.82) is 0 Å². The van der Waals surface area contributed by atoms with E-state index in [0.29, 0.717) is 54.1 Å². The number of nitrogens with zero attached hydrogens (tertiary/aromatic N) is 3. The van der Waals surface area contributed by atoms with Gasteiger partial charge in [-0.3, -0.25) is 14.5 Å². The van der Waals surface area contributed by atoms with E-state index in [2.05, 4.69) is 22.0 Å². The molecule has 0 bridgehead atoms. The van der Waals surface area contributed by atoms with E-state index in [9.17, 15) is 22.8 Å². The van der Waals surface area contributed by atoms with Gasteiger partial charge in [-0.25, -0.2) is 4.79 Å². The highest BCUT2D eigenvalue weighted by Crippen LogP contribution is 2.60. The second-order valence-electron chi connectivity index (χ2n) is 14.4. The van der Waals surface area contributed by atoms with Crippen LogP contribution in [0.1, 0.15) is 55.8 Å². The summed E-state index contributed by atoms with van der Waals surface area (Å²) in [6.07, 6.45) is -2.73. The Morgan fingerprint density at radius 2 is 1.42 bits per heavy atom. The third-order valence-electron chi connectivity index (χ3n) is 11.2. The molecule has 5 heterocycles. The number of hydrogen-bond acceptors (Lipinski definition) is 9. The van der Waals surface area contributed by atoms with Crippen LogP contribution >= 0.6 is 0 Å². The minimum absolute atomic E-state index is 0.176. The number of anilines is 3. The van der Waals surface area contributed by atoms with Crippen molar-refractivity contribution >= 4 is 39.8 Å². The van der Waals surface area contributed by atoms with E-state index in [0.717, 1.165) is 50.4 Å². The fourth-order valence-corrected chi connectivity index (χ4v) is 8.19. The third-order valence-corrected chi connectivity index (χ3v) is 11.2. The van der Waals surface area contributed by atoms with Gasteiger partial charge in [0.1, 0.15) is 22.6 Å². The third kappa shape index (κ3) is 6.18. The molecule has 1 aromatic heterocycles. The molecule has 2 saturated heterocycles. The monoisotopic (exact) mass is 779 g/mol. The van der Waals surface area contributed by atoms with E-state index < -0.39 is 34.7 Å². The largest absolute Gasteiger partial charge is 0.456 e.